The fourth-order valence-electron chi connectivity index (χ4n) is 2.32. The molecule has 21 heavy (non-hydrogen) atoms. The third-order valence-electron chi connectivity index (χ3n) is 3.36. The highest BCUT2D eigenvalue weighted by Gasteiger charge is 2.46. The molecule has 0 bridgehead atoms. The maximum absolute atomic E-state index is 13.3. The van der Waals surface area contributed by atoms with Crippen molar-refractivity contribution in [1.82, 2.24) is 4.90 Å². The zero-order chi connectivity index (χ0) is 15.5. The molecule has 4 nitrogen and oxygen atoms in total. The van der Waals surface area contributed by atoms with Gasteiger partial charge in [-0.15, -0.1) is 0 Å². The lowest BCUT2D eigenvalue weighted by atomic mass is 10.1. The minimum Gasteiger partial charge on any atom is -0.394 e. The molecule has 0 spiro atoms. The highest BCUT2D eigenvalue weighted by Crippen LogP contribution is 2.32. The molecule has 2 rings (SSSR count). The van der Waals surface area contributed by atoms with E-state index in [2.05, 4.69) is 0 Å². The standard InChI is InChI=1S/C15H14F2N2O2/c16-15(17)7-13(9-20)19(10-15)14(21)6-5-11-3-1-2-4-12(11)8-18/h1-6,13,20H,7,9-10H2/b6-5+. The van der Waals surface area contributed by atoms with E-state index in [0.29, 0.717) is 11.1 Å². The first-order valence-corrected chi connectivity index (χ1v) is 6.43. The van der Waals surface area contributed by atoms with Gasteiger partial charge in [0.2, 0.25) is 5.91 Å². The zero-order valence-corrected chi connectivity index (χ0v) is 11.2. The molecule has 1 atom stereocenters. The number of aliphatic hydroxyl groups excluding tert-OH is 1. The van der Waals surface area contributed by atoms with E-state index >= 15 is 0 Å². The molecule has 0 aliphatic carbocycles. The number of aliphatic hydroxyl groups is 1. The van der Waals surface area contributed by atoms with Crippen LogP contribution in [0.15, 0.2) is 30.3 Å². The summed E-state index contributed by atoms with van der Waals surface area (Å²) < 4.78 is 26.6. The number of hydrogen-bond acceptors (Lipinski definition) is 3. The number of benzene rings is 1. The number of likely N-dealkylation sites (tertiary alicyclic amines) is 1. The fourth-order valence-corrected chi connectivity index (χ4v) is 2.32. The summed E-state index contributed by atoms with van der Waals surface area (Å²) in [6, 6.07) is 7.78. The maximum atomic E-state index is 13.3. The van der Waals surface area contributed by atoms with Crippen LogP contribution in [0.25, 0.3) is 6.08 Å². The first-order chi connectivity index (χ1) is 9.96. The average Bonchev–Trinajstić information content (AvgIpc) is 2.80. The Hall–Kier alpha value is -2.26. The van der Waals surface area contributed by atoms with E-state index in [1.165, 1.54) is 6.08 Å². The van der Waals surface area contributed by atoms with Crippen LogP contribution in [0.4, 0.5) is 8.78 Å². The third-order valence-corrected chi connectivity index (χ3v) is 3.36. The summed E-state index contributed by atoms with van der Waals surface area (Å²) in [7, 11) is 0. The summed E-state index contributed by atoms with van der Waals surface area (Å²) in [4.78, 5) is 13.0. The van der Waals surface area contributed by atoms with Crippen LogP contribution in [0.3, 0.4) is 0 Å². The van der Waals surface area contributed by atoms with E-state index in [1.54, 1.807) is 24.3 Å². The topological polar surface area (TPSA) is 64.3 Å². The molecule has 1 unspecified atom stereocenters. The Morgan fingerprint density at radius 2 is 2.24 bits per heavy atom. The van der Waals surface area contributed by atoms with Crippen molar-refractivity contribution in [2.75, 3.05) is 13.2 Å². The Morgan fingerprint density at radius 1 is 1.52 bits per heavy atom. The van der Waals surface area contributed by atoms with Gasteiger partial charge in [0.25, 0.3) is 5.92 Å². The van der Waals surface area contributed by atoms with Crippen molar-refractivity contribution >= 4 is 12.0 Å². The number of nitriles is 1. The predicted molar refractivity (Wildman–Crippen MR) is 72.3 cm³/mol. The van der Waals surface area contributed by atoms with Gasteiger partial charge in [0, 0.05) is 12.5 Å². The number of hydrogen-bond donors (Lipinski definition) is 1. The lowest BCUT2D eigenvalue weighted by molar-refractivity contribution is -0.128. The third kappa shape index (κ3) is 3.44. The summed E-state index contributed by atoms with van der Waals surface area (Å²) in [6.07, 6.45) is 2.05. The molecule has 1 aliphatic heterocycles. The van der Waals surface area contributed by atoms with Gasteiger partial charge in [0.15, 0.2) is 0 Å². The highest BCUT2D eigenvalue weighted by molar-refractivity contribution is 5.92. The average molecular weight is 292 g/mol. The molecule has 1 heterocycles. The summed E-state index contributed by atoms with van der Waals surface area (Å²) >= 11 is 0. The normalized spacial score (nSPS) is 20.7. The SMILES string of the molecule is N#Cc1ccccc1/C=C/C(=O)N1CC(F)(F)CC1CO. The minimum atomic E-state index is -2.97. The second-order valence-electron chi connectivity index (χ2n) is 4.89. The maximum Gasteiger partial charge on any atom is 0.267 e. The monoisotopic (exact) mass is 292 g/mol. The smallest absolute Gasteiger partial charge is 0.267 e. The van der Waals surface area contributed by atoms with Gasteiger partial charge in [-0.1, -0.05) is 18.2 Å². The van der Waals surface area contributed by atoms with Crippen LogP contribution >= 0.6 is 0 Å². The van der Waals surface area contributed by atoms with Gasteiger partial charge in [-0.25, -0.2) is 8.78 Å². The van der Waals surface area contributed by atoms with Crippen molar-refractivity contribution in [3.8, 4) is 6.07 Å². The van der Waals surface area contributed by atoms with Crippen LogP contribution in [0.5, 0.6) is 0 Å². The van der Waals surface area contributed by atoms with E-state index in [-0.39, 0.29) is 0 Å². The molecule has 1 saturated heterocycles. The Balaban J connectivity index is 2.14. The summed E-state index contributed by atoms with van der Waals surface area (Å²) in [6.45, 7) is -1.19. The number of carbonyl (C=O) groups excluding carboxylic acids is 1. The first kappa shape index (κ1) is 15.1. The van der Waals surface area contributed by atoms with Crippen LogP contribution < -0.4 is 0 Å². The van der Waals surface area contributed by atoms with Crippen LogP contribution in [-0.4, -0.2) is 41.0 Å². The molecule has 6 heteroatoms. The van der Waals surface area contributed by atoms with Gasteiger partial charge in [-0.2, -0.15) is 5.26 Å². The molecule has 0 radical (unpaired) electrons. The van der Waals surface area contributed by atoms with Crippen molar-refractivity contribution in [3.63, 3.8) is 0 Å². The fraction of sp³-hybridized carbons (Fsp3) is 0.333. The Labute approximate surface area is 120 Å². The van der Waals surface area contributed by atoms with Crippen molar-refractivity contribution in [3.05, 3.63) is 41.5 Å². The summed E-state index contributed by atoms with van der Waals surface area (Å²) in [5.74, 6) is -3.57. The van der Waals surface area contributed by atoms with Crippen molar-refractivity contribution < 1.29 is 18.7 Å². The highest BCUT2D eigenvalue weighted by atomic mass is 19.3. The minimum absolute atomic E-state index is 0.395. The van der Waals surface area contributed by atoms with Crippen molar-refractivity contribution in [2.45, 2.75) is 18.4 Å². The van der Waals surface area contributed by atoms with Gasteiger partial charge in [-0.3, -0.25) is 4.79 Å². The van der Waals surface area contributed by atoms with E-state index < -0.39 is 37.4 Å². The summed E-state index contributed by atoms with van der Waals surface area (Å²) in [5.41, 5.74) is 0.937. The van der Waals surface area contributed by atoms with Crippen molar-refractivity contribution in [1.29, 1.82) is 5.26 Å². The lowest BCUT2D eigenvalue weighted by Crippen LogP contribution is -2.37. The first-order valence-electron chi connectivity index (χ1n) is 6.43. The molecule has 1 fully saturated rings. The number of rotatable bonds is 3. The van der Waals surface area contributed by atoms with E-state index in [9.17, 15) is 13.6 Å². The summed E-state index contributed by atoms with van der Waals surface area (Å²) in [5, 5.41) is 18.0. The Kier molecular flexibility index (Phi) is 4.34. The molecule has 1 aromatic rings. The van der Waals surface area contributed by atoms with Crippen LogP contribution in [0, 0.1) is 11.3 Å². The zero-order valence-electron chi connectivity index (χ0n) is 11.2. The van der Waals surface area contributed by atoms with Gasteiger partial charge in [-0.05, 0) is 17.7 Å². The largest absolute Gasteiger partial charge is 0.394 e. The van der Waals surface area contributed by atoms with Crippen LogP contribution in [-0.2, 0) is 4.79 Å². The molecular formula is C15H14F2N2O2. The molecule has 1 aliphatic rings. The predicted octanol–water partition coefficient (Wildman–Crippen LogP) is 1.80. The number of nitrogens with zero attached hydrogens (tertiary/aromatic N) is 2. The van der Waals surface area contributed by atoms with Gasteiger partial charge in [0.05, 0.1) is 30.8 Å². The molecule has 1 aromatic carbocycles. The Morgan fingerprint density at radius 3 is 2.90 bits per heavy atom. The van der Waals surface area contributed by atoms with Gasteiger partial charge >= 0.3 is 0 Å². The molecular weight excluding hydrogens is 278 g/mol. The molecule has 0 saturated carbocycles. The van der Waals surface area contributed by atoms with Gasteiger partial charge < -0.3 is 10.0 Å². The second-order valence-corrected chi connectivity index (χ2v) is 4.89. The molecule has 1 N–H and O–H groups in total. The molecule has 0 aromatic heterocycles. The van der Waals surface area contributed by atoms with E-state index in [1.807, 2.05) is 6.07 Å². The number of alkyl halides is 2. The quantitative estimate of drug-likeness (QED) is 0.864. The number of carbonyl (C=O) groups is 1. The number of amides is 1. The van der Waals surface area contributed by atoms with E-state index in [4.69, 9.17) is 10.4 Å². The molecule has 110 valence electrons. The molecule has 1 amide bonds. The second kappa shape index (κ2) is 6.02. The number of halogens is 2. The van der Waals surface area contributed by atoms with Crippen LogP contribution in [0.2, 0.25) is 0 Å². The lowest BCUT2D eigenvalue weighted by Gasteiger charge is -2.20. The van der Waals surface area contributed by atoms with Crippen LogP contribution in [0.1, 0.15) is 17.5 Å². The van der Waals surface area contributed by atoms with Crippen molar-refractivity contribution in [2.24, 2.45) is 0 Å². The Bertz CT molecular complexity index is 608. The van der Waals surface area contributed by atoms with E-state index in [0.717, 1.165) is 11.0 Å². The van der Waals surface area contributed by atoms with Gasteiger partial charge in [0.1, 0.15) is 0 Å².